The Hall–Kier alpha value is -0.610. The lowest BCUT2D eigenvalue weighted by atomic mass is 9.98. The summed E-state index contributed by atoms with van der Waals surface area (Å²) in [5.74, 6) is -0.204. The molecule has 4 heteroatoms. The summed E-state index contributed by atoms with van der Waals surface area (Å²) < 4.78 is 11.1. The molecule has 0 saturated heterocycles. The van der Waals surface area contributed by atoms with Crippen molar-refractivity contribution in [3.63, 3.8) is 0 Å². The number of nitrogens with one attached hydrogen (secondary N) is 1. The SMILES string of the molecule is CC(NCCOC1CCCCC1)C(=O)OC(C)(C)C. The highest BCUT2D eigenvalue weighted by Gasteiger charge is 2.21. The fraction of sp³-hybridized carbons (Fsp3) is 0.933. The molecule has 112 valence electrons. The number of hydrogen-bond acceptors (Lipinski definition) is 4. The molecular formula is C15H29NO3. The van der Waals surface area contributed by atoms with Crippen molar-refractivity contribution in [2.75, 3.05) is 13.2 Å². The Morgan fingerprint density at radius 3 is 2.47 bits per heavy atom. The molecule has 19 heavy (non-hydrogen) atoms. The third-order valence-corrected chi connectivity index (χ3v) is 3.22. The first-order chi connectivity index (χ1) is 8.88. The molecule has 0 aliphatic heterocycles. The third kappa shape index (κ3) is 7.53. The quantitative estimate of drug-likeness (QED) is 0.596. The number of hydrogen-bond donors (Lipinski definition) is 1. The van der Waals surface area contributed by atoms with E-state index in [0.717, 1.165) is 0 Å². The van der Waals surface area contributed by atoms with E-state index < -0.39 is 5.60 Å². The van der Waals surface area contributed by atoms with Crippen molar-refractivity contribution in [2.24, 2.45) is 0 Å². The first kappa shape index (κ1) is 16.4. The van der Waals surface area contributed by atoms with E-state index in [-0.39, 0.29) is 12.0 Å². The summed E-state index contributed by atoms with van der Waals surface area (Å²) in [6, 6.07) is -0.283. The Morgan fingerprint density at radius 2 is 1.89 bits per heavy atom. The van der Waals surface area contributed by atoms with Crippen molar-refractivity contribution >= 4 is 5.97 Å². The lowest BCUT2D eigenvalue weighted by Crippen LogP contribution is -2.40. The molecule has 0 aromatic rings. The van der Waals surface area contributed by atoms with Gasteiger partial charge in [-0.05, 0) is 40.5 Å². The number of carbonyl (C=O) groups is 1. The van der Waals surface area contributed by atoms with Gasteiger partial charge in [0, 0.05) is 6.54 Å². The molecule has 1 rings (SSSR count). The summed E-state index contributed by atoms with van der Waals surface area (Å²) in [7, 11) is 0. The Kier molecular flexibility index (Phi) is 6.80. The first-order valence-corrected chi connectivity index (χ1v) is 7.46. The van der Waals surface area contributed by atoms with E-state index in [9.17, 15) is 4.79 Å². The molecule has 0 amide bonds. The van der Waals surface area contributed by atoms with Crippen LogP contribution in [0.4, 0.5) is 0 Å². The van der Waals surface area contributed by atoms with Crippen LogP contribution in [0.25, 0.3) is 0 Å². The molecule has 0 radical (unpaired) electrons. The average molecular weight is 271 g/mol. The van der Waals surface area contributed by atoms with E-state index >= 15 is 0 Å². The van der Waals surface area contributed by atoms with E-state index in [0.29, 0.717) is 19.3 Å². The van der Waals surface area contributed by atoms with Crippen LogP contribution in [-0.2, 0) is 14.3 Å². The lowest BCUT2D eigenvalue weighted by Gasteiger charge is -2.24. The smallest absolute Gasteiger partial charge is 0.323 e. The Labute approximate surface area is 117 Å². The van der Waals surface area contributed by atoms with Crippen LogP contribution in [0.5, 0.6) is 0 Å². The minimum absolute atomic E-state index is 0.204. The molecule has 1 saturated carbocycles. The van der Waals surface area contributed by atoms with Gasteiger partial charge in [0.15, 0.2) is 0 Å². The average Bonchev–Trinajstić information content (AvgIpc) is 2.33. The molecule has 1 fully saturated rings. The van der Waals surface area contributed by atoms with Gasteiger partial charge < -0.3 is 14.8 Å². The second kappa shape index (κ2) is 7.85. The van der Waals surface area contributed by atoms with Crippen LogP contribution in [0, 0.1) is 0 Å². The largest absolute Gasteiger partial charge is 0.459 e. The maximum absolute atomic E-state index is 11.7. The predicted octanol–water partition coefficient (Wildman–Crippen LogP) is 2.66. The fourth-order valence-corrected chi connectivity index (χ4v) is 2.21. The molecule has 0 spiro atoms. The fourth-order valence-electron chi connectivity index (χ4n) is 2.21. The minimum atomic E-state index is -0.425. The van der Waals surface area contributed by atoms with Gasteiger partial charge >= 0.3 is 5.97 Å². The summed E-state index contributed by atoms with van der Waals surface area (Å²) in [5, 5.41) is 3.15. The van der Waals surface area contributed by atoms with E-state index in [2.05, 4.69) is 5.32 Å². The Morgan fingerprint density at radius 1 is 1.26 bits per heavy atom. The highest BCUT2D eigenvalue weighted by atomic mass is 16.6. The number of esters is 1. The van der Waals surface area contributed by atoms with Crippen molar-refractivity contribution in [2.45, 2.75) is 77.5 Å². The predicted molar refractivity (Wildman–Crippen MR) is 76.1 cm³/mol. The second-order valence-electron chi connectivity index (χ2n) is 6.34. The van der Waals surface area contributed by atoms with Gasteiger partial charge in [-0.2, -0.15) is 0 Å². The van der Waals surface area contributed by atoms with Crippen molar-refractivity contribution in [1.29, 1.82) is 0 Å². The topological polar surface area (TPSA) is 47.6 Å². The summed E-state index contributed by atoms with van der Waals surface area (Å²) in [4.78, 5) is 11.7. The van der Waals surface area contributed by atoms with Gasteiger partial charge in [0.2, 0.25) is 0 Å². The maximum atomic E-state index is 11.7. The molecule has 0 heterocycles. The van der Waals surface area contributed by atoms with Crippen LogP contribution in [0.2, 0.25) is 0 Å². The van der Waals surface area contributed by atoms with Crippen LogP contribution < -0.4 is 5.32 Å². The molecule has 0 aromatic heterocycles. The summed E-state index contributed by atoms with van der Waals surface area (Å²) in [5.41, 5.74) is -0.425. The Balaban J connectivity index is 2.09. The molecule has 1 unspecified atom stereocenters. The molecule has 1 aliphatic carbocycles. The van der Waals surface area contributed by atoms with Crippen LogP contribution >= 0.6 is 0 Å². The monoisotopic (exact) mass is 271 g/mol. The molecule has 0 aromatic carbocycles. The van der Waals surface area contributed by atoms with E-state index in [1.165, 1.54) is 32.1 Å². The van der Waals surface area contributed by atoms with Crippen molar-refractivity contribution in [3.05, 3.63) is 0 Å². The van der Waals surface area contributed by atoms with Crippen LogP contribution in [0.15, 0.2) is 0 Å². The van der Waals surface area contributed by atoms with Crippen LogP contribution in [0.3, 0.4) is 0 Å². The normalized spacial score (nSPS) is 19.2. The number of ether oxygens (including phenoxy) is 2. The van der Waals surface area contributed by atoms with Gasteiger partial charge in [0.1, 0.15) is 11.6 Å². The van der Waals surface area contributed by atoms with Gasteiger partial charge in [-0.3, -0.25) is 4.79 Å². The first-order valence-electron chi connectivity index (χ1n) is 7.46. The van der Waals surface area contributed by atoms with Gasteiger partial charge in [0.25, 0.3) is 0 Å². The van der Waals surface area contributed by atoms with Gasteiger partial charge in [0.05, 0.1) is 12.7 Å². The van der Waals surface area contributed by atoms with E-state index in [1.807, 2.05) is 27.7 Å². The van der Waals surface area contributed by atoms with Gasteiger partial charge in [-0.25, -0.2) is 0 Å². The molecule has 4 nitrogen and oxygen atoms in total. The summed E-state index contributed by atoms with van der Waals surface area (Å²) >= 11 is 0. The van der Waals surface area contributed by atoms with Gasteiger partial charge in [-0.15, -0.1) is 0 Å². The van der Waals surface area contributed by atoms with Crippen LogP contribution in [-0.4, -0.2) is 36.9 Å². The van der Waals surface area contributed by atoms with Crippen molar-refractivity contribution in [1.82, 2.24) is 5.32 Å². The lowest BCUT2D eigenvalue weighted by molar-refractivity contribution is -0.157. The maximum Gasteiger partial charge on any atom is 0.323 e. The third-order valence-electron chi connectivity index (χ3n) is 3.22. The molecule has 1 N–H and O–H groups in total. The Bertz CT molecular complexity index is 267. The standard InChI is InChI=1S/C15H29NO3/c1-12(14(17)19-15(2,3)4)16-10-11-18-13-8-6-5-7-9-13/h12-13,16H,5-11H2,1-4H3. The molecule has 0 bridgehead atoms. The second-order valence-corrected chi connectivity index (χ2v) is 6.34. The molecule has 1 aliphatic rings. The highest BCUT2D eigenvalue weighted by molar-refractivity contribution is 5.75. The number of carbonyl (C=O) groups excluding carboxylic acids is 1. The minimum Gasteiger partial charge on any atom is -0.459 e. The summed E-state index contributed by atoms with van der Waals surface area (Å²) in [6.45, 7) is 8.82. The zero-order chi connectivity index (χ0) is 14.3. The summed E-state index contributed by atoms with van der Waals surface area (Å²) in [6.07, 6.45) is 6.70. The number of rotatable bonds is 6. The molecule has 1 atom stereocenters. The van der Waals surface area contributed by atoms with Crippen LogP contribution in [0.1, 0.15) is 59.8 Å². The van der Waals surface area contributed by atoms with Gasteiger partial charge in [-0.1, -0.05) is 19.3 Å². The zero-order valence-corrected chi connectivity index (χ0v) is 12.8. The highest BCUT2D eigenvalue weighted by Crippen LogP contribution is 2.19. The molecular weight excluding hydrogens is 242 g/mol. The van der Waals surface area contributed by atoms with E-state index in [1.54, 1.807) is 0 Å². The van der Waals surface area contributed by atoms with Crippen molar-refractivity contribution in [3.8, 4) is 0 Å². The zero-order valence-electron chi connectivity index (χ0n) is 12.8. The van der Waals surface area contributed by atoms with Crippen molar-refractivity contribution < 1.29 is 14.3 Å². The van der Waals surface area contributed by atoms with E-state index in [4.69, 9.17) is 9.47 Å².